The van der Waals surface area contributed by atoms with E-state index in [0.717, 1.165) is 23.5 Å². The molecule has 1 heterocycles. The van der Waals surface area contributed by atoms with Crippen LogP contribution in [0.2, 0.25) is 0 Å². The number of fused-ring (bicyclic) bond motifs is 5. The fraction of sp³-hybridized carbons (Fsp3) is 0.524. The number of benzene rings is 1. The highest BCUT2D eigenvalue weighted by molar-refractivity contribution is 9.12. The summed E-state index contributed by atoms with van der Waals surface area (Å²) >= 11 is 7.16. The van der Waals surface area contributed by atoms with Gasteiger partial charge in [-0.1, -0.05) is 44.0 Å². The molecule has 2 aliphatic carbocycles. The maximum Gasteiger partial charge on any atom is 0.418 e. The molecule has 0 radical (unpaired) electrons. The first-order valence-electron chi connectivity index (χ1n) is 10.2. The summed E-state index contributed by atoms with van der Waals surface area (Å²) in [7, 11) is 0. The summed E-state index contributed by atoms with van der Waals surface area (Å²) in [4.78, 5) is 51.5. The molecule has 0 unspecified atom stereocenters. The number of rotatable bonds is 5. The highest BCUT2D eigenvalue weighted by Gasteiger charge is 2.67. The van der Waals surface area contributed by atoms with E-state index in [2.05, 4.69) is 37.2 Å². The molecule has 3 amide bonds. The van der Waals surface area contributed by atoms with Gasteiger partial charge in [-0.2, -0.15) is 13.2 Å². The Labute approximate surface area is 203 Å². The molecule has 1 N–H and O–H groups in total. The number of carbonyl (C=O) groups is 4. The molecule has 3 fully saturated rings. The monoisotopic (exact) mass is 594 g/mol. The molecule has 2 bridgehead atoms. The second kappa shape index (κ2) is 8.68. The van der Waals surface area contributed by atoms with E-state index >= 15 is 0 Å². The van der Waals surface area contributed by atoms with Gasteiger partial charge in [0.25, 0.3) is 5.91 Å². The number of alkyl halides is 5. The molecule has 3 aliphatic rings. The number of halogens is 5. The average molecular weight is 596 g/mol. The predicted octanol–water partition coefficient (Wildman–Crippen LogP) is 3.35. The van der Waals surface area contributed by atoms with Gasteiger partial charge in [0.15, 0.2) is 6.61 Å². The van der Waals surface area contributed by atoms with Gasteiger partial charge in [-0.25, -0.2) is 4.79 Å². The lowest BCUT2D eigenvalue weighted by Crippen LogP contribution is -2.45. The number of anilines is 1. The third-order valence-corrected chi connectivity index (χ3v) is 9.81. The molecule has 33 heavy (non-hydrogen) atoms. The standard InChI is InChI=1S/C21H19Br2F3N2O5/c1-8(28-18(30)14-9-6-10(15(14)19(28)31)17(23)16(9)22)20(32)33-7-13(29)27-12-5-3-2-4-11(12)21(24,25)26/h2-5,8-10,14-17H,6-7H2,1H3,(H,27,29)/t8-,9-,10-,14-,15+,16+,17+/m1/s1. The predicted molar refractivity (Wildman–Crippen MR) is 116 cm³/mol. The van der Waals surface area contributed by atoms with E-state index in [1.165, 1.54) is 19.1 Å². The number of carbonyl (C=O) groups excluding carboxylic acids is 4. The Morgan fingerprint density at radius 3 is 2.21 bits per heavy atom. The molecule has 12 heteroatoms. The largest absolute Gasteiger partial charge is 0.454 e. The number of imide groups is 1. The molecule has 4 rings (SSSR count). The lowest BCUT2D eigenvalue weighted by Gasteiger charge is -2.28. The third-order valence-electron chi connectivity index (χ3n) is 6.60. The highest BCUT2D eigenvalue weighted by atomic mass is 79.9. The number of likely N-dealkylation sites (tertiary alicyclic amines) is 1. The number of para-hydroxylation sites is 1. The third kappa shape index (κ3) is 4.09. The van der Waals surface area contributed by atoms with Gasteiger partial charge in [-0.3, -0.25) is 19.3 Å². The first-order valence-corrected chi connectivity index (χ1v) is 12.0. The van der Waals surface area contributed by atoms with Crippen LogP contribution in [0.1, 0.15) is 18.9 Å². The molecular weight excluding hydrogens is 577 g/mol. The van der Waals surface area contributed by atoms with Crippen LogP contribution in [0.25, 0.3) is 0 Å². The molecule has 1 saturated heterocycles. The number of esters is 1. The molecule has 2 saturated carbocycles. The molecule has 1 aromatic carbocycles. The van der Waals surface area contributed by atoms with Crippen molar-refractivity contribution in [1.29, 1.82) is 0 Å². The SMILES string of the molecule is C[C@H](C(=O)OCC(=O)Nc1ccccc1C(F)(F)F)N1C(=O)[C@@H]2[C@H]3C[C@@H]([C@H](Br)[C@H]3Br)[C@@H]2C1=O. The molecule has 0 spiro atoms. The van der Waals surface area contributed by atoms with Gasteiger partial charge in [0.1, 0.15) is 6.04 Å². The molecule has 1 aliphatic heterocycles. The van der Waals surface area contributed by atoms with Gasteiger partial charge in [0.2, 0.25) is 11.8 Å². The summed E-state index contributed by atoms with van der Waals surface area (Å²) < 4.78 is 44.1. The van der Waals surface area contributed by atoms with Gasteiger partial charge in [-0.05, 0) is 37.3 Å². The van der Waals surface area contributed by atoms with E-state index in [1.54, 1.807) is 0 Å². The van der Waals surface area contributed by atoms with Crippen molar-refractivity contribution >= 4 is 61.2 Å². The molecule has 1 aromatic rings. The smallest absolute Gasteiger partial charge is 0.418 e. The first kappa shape index (κ1) is 24.2. The van der Waals surface area contributed by atoms with Gasteiger partial charge in [0.05, 0.1) is 23.1 Å². The van der Waals surface area contributed by atoms with Crippen molar-refractivity contribution in [3.05, 3.63) is 29.8 Å². The topological polar surface area (TPSA) is 92.8 Å². The van der Waals surface area contributed by atoms with E-state index in [4.69, 9.17) is 4.74 Å². The number of hydrogen-bond acceptors (Lipinski definition) is 5. The zero-order valence-electron chi connectivity index (χ0n) is 17.1. The van der Waals surface area contributed by atoms with Crippen LogP contribution in [0, 0.1) is 23.7 Å². The minimum absolute atomic E-state index is 0.0199. The van der Waals surface area contributed by atoms with E-state index in [9.17, 15) is 32.3 Å². The normalized spacial score (nSPS) is 31.5. The Kier molecular flexibility index (Phi) is 6.36. The second-order valence-corrected chi connectivity index (χ2v) is 10.5. The van der Waals surface area contributed by atoms with Crippen molar-refractivity contribution in [2.75, 3.05) is 11.9 Å². The fourth-order valence-corrected chi connectivity index (χ4v) is 7.02. The Balaban J connectivity index is 1.38. The summed E-state index contributed by atoms with van der Waals surface area (Å²) in [5.74, 6) is -3.89. The van der Waals surface area contributed by atoms with Crippen LogP contribution in [0.3, 0.4) is 0 Å². The zero-order valence-corrected chi connectivity index (χ0v) is 20.3. The minimum Gasteiger partial charge on any atom is -0.454 e. The van der Waals surface area contributed by atoms with Crippen molar-refractivity contribution in [2.45, 2.75) is 35.2 Å². The summed E-state index contributed by atoms with van der Waals surface area (Å²) in [5.41, 5.74) is -1.51. The highest BCUT2D eigenvalue weighted by Crippen LogP contribution is 2.60. The van der Waals surface area contributed by atoms with Crippen molar-refractivity contribution in [3.63, 3.8) is 0 Å². The molecule has 7 atom stereocenters. The summed E-state index contributed by atoms with van der Waals surface area (Å²) in [6.45, 7) is 0.464. The summed E-state index contributed by atoms with van der Waals surface area (Å²) in [5, 5.41) is 2.07. The van der Waals surface area contributed by atoms with E-state index in [-0.39, 0.29) is 21.5 Å². The van der Waals surface area contributed by atoms with Crippen molar-refractivity contribution < 1.29 is 37.1 Å². The quantitative estimate of drug-likeness (QED) is 0.320. The second-order valence-electron chi connectivity index (χ2n) is 8.43. The first-order chi connectivity index (χ1) is 15.4. The molecule has 178 valence electrons. The Morgan fingerprint density at radius 2 is 1.67 bits per heavy atom. The van der Waals surface area contributed by atoms with Gasteiger partial charge in [-0.15, -0.1) is 0 Å². The average Bonchev–Trinajstić information content (AvgIpc) is 3.36. The molecule has 0 aromatic heterocycles. The van der Waals surface area contributed by atoms with Crippen LogP contribution in [-0.2, 0) is 30.1 Å². The Morgan fingerprint density at radius 1 is 1.12 bits per heavy atom. The number of nitrogens with one attached hydrogen (secondary N) is 1. The fourth-order valence-electron chi connectivity index (χ4n) is 5.14. The van der Waals surface area contributed by atoms with Crippen molar-refractivity contribution in [3.8, 4) is 0 Å². The molecular formula is C21H19Br2F3N2O5. The summed E-state index contributed by atoms with van der Waals surface area (Å²) in [6.07, 6.45) is -3.93. The summed E-state index contributed by atoms with van der Waals surface area (Å²) in [6, 6.07) is 3.14. The van der Waals surface area contributed by atoms with E-state index in [0.29, 0.717) is 0 Å². The maximum atomic E-state index is 13.1. The molecule has 7 nitrogen and oxygen atoms in total. The number of nitrogens with zero attached hydrogens (tertiary/aromatic N) is 1. The number of ether oxygens (including phenoxy) is 1. The van der Waals surface area contributed by atoms with Crippen LogP contribution < -0.4 is 5.32 Å². The van der Waals surface area contributed by atoms with Crippen LogP contribution >= 0.6 is 31.9 Å². The minimum atomic E-state index is -4.68. The Bertz CT molecular complexity index is 988. The zero-order chi connectivity index (χ0) is 24.2. The van der Waals surface area contributed by atoms with Gasteiger partial charge < -0.3 is 10.1 Å². The van der Waals surface area contributed by atoms with Crippen molar-refractivity contribution in [1.82, 2.24) is 4.90 Å². The number of amides is 3. The van der Waals surface area contributed by atoms with Crippen LogP contribution in [0.4, 0.5) is 18.9 Å². The maximum absolute atomic E-state index is 13.1. The van der Waals surface area contributed by atoms with Crippen LogP contribution in [0.5, 0.6) is 0 Å². The van der Waals surface area contributed by atoms with Crippen molar-refractivity contribution in [2.24, 2.45) is 23.7 Å². The lowest BCUT2D eigenvalue weighted by molar-refractivity contribution is -0.159. The van der Waals surface area contributed by atoms with Crippen LogP contribution in [0.15, 0.2) is 24.3 Å². The Hall–Kier alpha value is -1.95. The number of hydrogen-bond donors (Lipinski definition) is 1. The van der Waals surface area contributed by atoms with Gasteiger partial charge >= 0.3 is 12.1 Å². The lowest BCUT2D eigenvalue weighted by atomic mass is 9.81. The van der Waals surface area contributed by atoms with E-state index < -0.39 is 65.6 Å². The van der Waals surface area contributed by atoms with Crippen LogP contribution in [-0.4, -0.2) is 50.9 Å². The van der Waals surface area contributed by atoms with Gasteiger partial charge in [0, 0.05) is 9.65 Å². The van der Waals surface area contributed by atoms with E-state index in [1.807, 2.05) is 0 Å².